The highest BCUT2D eigenvalue weighted by molar-refractivity contribution is 6.13. The third-order valence-corrected chi connectivity index (χ3v) is 5.69. The van der Waals surface area contributed by atoms with E-state index in [4.69, 9.17) is 0 Å². The maximum Gasteiger partial charge on any atom is 0.257 e. The number of aromatic hydroxyl groups is 1. The maximum atomic E-state index is 14.4. The van der Waals surface area contributed by atoms with Crippen LogP contribution in [0.3, 0.4) is 0 Å². The van der Waals surface area contributed by atoms with Crippen LogP contribution in [0.5, 0.6) is 5.88 Å². The lowest BCUT2D eigenvalue weighted by Crippen LogP contribution is -2.54. The molecule has 1 aliphatic heterocycles. The van der Waals surface area contributed by atoms with Gasteiger partial charge in [0.05, 0.1) is 28.8 Å². The molecule has 0 aliphatic carbocycles. The number of pyridine rings is 1. The fourth-order valence-corrected chi connectivity index (χ4v) is 4.48. The monoisotopic (exact) mass is 449 g/mol. The van der Waals surface area contributed by atoms with Gasteiger partial charge in [-0.3, -0.25) is 4.79 Å². The number of nitrogens with zero attached hydrogens (tertiary/aromatic N) is 5. The van der Waals surface area contributed by atoms with E-state index < -0.39 is 11.7 Å². The van der Waals surface area contributed by atoms with E-state index in [2.05, 4.69) is 44.3 Å². The molecule has 2 atom stereocenters. The molecule has 5 rings (SSSR count). The molecule has 0 bridgehead atoms. The van der Waals surface area contributed by atoms with Gasteiger partial charge < -0.3 is 25.0 Å². The number of amides is 1. The highest BCUT2D eigenvalue weighted by Crippen LogP contribution is 2.30. The van der Waals surface area contributed by atoms with Crippen LogP contribution in [0.4, 0.5) is 15.8 Å². The Bertz CT molecular complexity index is 1380. The first kappa shape index (κ1) is 21.1. The summed E-state index contributed by atoms with van der Waals surface area (Å²) in [6.07, 6.45) is 4.55. The summed E-state index contributed by atoms with van der Waals surface area (Å²) < 4.78 is 16.0. The van der Waals surface area contributed by atoms with Crippen LogP contribution < -0.4 is 15.5 Å². The minimum absolute atomic E-state index is 0.190. The summed E-state index contributed by atoms with van der Waals surface area (Å²) in [6.45, 7) is 7.54. The van der Waals surface area contributed by atoms with E-state index in [-0.39, 0.29) is 40.4 Å². The molecule has 1 fully saturated rings. The Balaban J connectivity index is 1.53. The summed E-state index contributed by atoms with van der Waals surface area (Å²) in [7, 11) is 0. The number of halogens is 1. The van der Waals surface area contributed by atoms with Crippen molar-refractivity contribution in [2.45, 2.75) is 32.9 Å². The quantitative estimate of drug-likeness (QED) is 0.441. The number of carbonyl (C=O) groups excluding carboxylic acids is 1. The lowest BCUT2D eigenvalue weighted by Gasteiger charge is -2.38. The Labute approximate surface area is 189 Å². The van der Waals surface area contributed by atoms with Gasteiger partial charge in [-0.1, -0.05) is 0 Å². The summed E-state index contributed by atoms with van der Waals surface area (Å²) >= 11 is 0. The molecule has 3 N–H and O–H groups in total. The fraction of sp³-hybridized carbons (Fsp3) is 0.304. The van der Waals surface area contributed by atoms with E-state index in [1.54, 1.807) is 25.4 Å². The Kier molecular flexibility index (Phi) is 5.09. The minimum atomic E-state index is -0.541. The lowest BCUT2D eigenvalue weighted by atomic mass is 10.1. The van der Waals surface area contributed by atoms with Crippen molar-refractivity contribution in [3.63, 3.8) is 0 Å². The van der Waals surface area contributed by atoms with Gasteiger partial charge in [-0.15, -0.1) is 0 Å². The molecule has 4 aromatic rings. The smallest absolute Gasteiger partial charge is 0.257 e. The van der Waals surface area contributed by atoms with Gasteiger partial charge in [-0.2, -0.15) is 0 Å². The third-order valence-electron chi connectivity index (χ3n) is 5.69. The molecule has 3 aromatic heterocycles. The molecule has 170 valence electrons. The molecule has 0 unspecified atom stereocenters. The molecular weight excluding hydrogens is 425 g/mol. The number of imidazole rings is 1. The van der Waals surface area contributed by atoms with Crippen LogP contribution in [0.15, 0.2) is 36.8 Å². The van der Waals surface area contributed by atoms with E-state index in [9.17, 15) is 14.3 Å². The second-order valence-electron chi connectivity index (χ2n) is 8.58. The van der Waals surface area contributed by atoms with E-state index in [1.165, 1.54) is 16.7 Å². The number of anilines is 2. The molecule has 33 heavy (non-hydrogen) atoms. The number of fused-ring (bicyclic) bond motifs is 2. The van der Waals surface area contributed by atoms with Crippen molar-refractivity contribution < 1.29 is 14.3 Å². The van der Waals surface area contributed by atoms with Gasteiger partial charge in [0.25, 0.3) is 5.91 Å². The van der Waals surface area contributed by atoms with Crippen LogP contribution in [-0.2, 0) is 0 Å². The highest BCUT2D eigenvalue weighted by atomic mass is 19.1. The first-order chi connectivity index (χ1) is 15.8. The minimum Gasteiger partial charge on any atom is -0.492 e. The zero-order chi connectivity index (χ0) is 23.3. The summed E-state index contributed by atoms with van der Waals surface area (Å²) in [5.74, 6) is -1.30. The summed E-state index contributed by atoms with van der Waals surface area (Å²) in [6, 6.07) is 5.30. The Morgan fingerprint density at radius 3 is 2.70 bits per heavy atom. The van der Waals surface area contributed by atoms with Crippen LogP contribution >= 0.6 is 0 Å². The largest absolute Gasteiger partial charge is 0.492 e. The van der Waals surface area contributed by atoms with Crippen molar-refractivity contribution in [3.8, 4) is 5.88 Å². The molecule has 1 aromatic carbocycles. The van der Waals surface area contributed by atoms with Crippen LogP contribution in [0.1, 0.15) is 29.9 Å². The first-order valence-corrected chi connectivity index (χ1v) is 10.7. The third kappa shape index (κ3) is 3.93. The van der Waals surface area contributed by atoms with Crippen molar-refractivity contribution in [1.29, 1.82) is 0 Å². The van der Waals surface area contributed by atoms with Crippen molar-refractivity contribution in [2.75, 3.05) is 23.3 Å². The molecule has 10 heteroatoms. The molecule has 0 saturated carbocycles. The molecule has 9 nitrogen and oxygen atoms in total. The topological polar surface area (TPSA) is 108 Å². The number of carbonyl (C=O) groups is 1. The van der Waals surface area contributed by atoms with Crippen LogP contribution in [0.2, 0.25) is 0 Å². The van der Waals surface area contributed by atoms with Gasteiger partial charge in [0.1, 0.15) is 11.0 Å². The number of piperazine rings is 1. The van der Waals surface area contributed by atoms with Gasteiger partial charge in [-0.05, 0) is 32.9 Å². The van der Waals surface area contributed by atoms with Crippen molar-refractivity contribution in [3.05, 3.63) is 53.9 Å². The van der Waals surface area contributed by atoms with Gasteiger partial charge in [0.2, 0.25) is 5.88 Å². The Morgan fingerprint density at radius 1 is 1.18 bits per heavy atom. The van der Waals surface area contributed by atoms with Crippen molar-refractivity contribution in [2.24, 2.45) is 0 Å². The summed E-state index contributed by atoms with van der Waals surface area (Å²) in [5.41, 5.74) is 3.01. The van der Waals surface area contributed by atoms with E-state index in [1.807, 2.05) is 6.07 Å². The normalized spacial score (nSPS) is 18.7. The molecule has 0 radical (unpaired) electrons. The standard InChI is InChI=1S/C23H24FN7O2/c1-12-8-30(9-13(2)26-12)18-5-4-16(20-21(18)25-7-19(32)29-20)23(33)28-15-6-17(24)22-27-14(3)10-31(22)11-15/h4-7,10-13,26H,8-9H2,1-3H3,(H,28,33)(H,29,32)/t12-,13-/m0/s1. The Morgan fingerprint density at radius 2 is 1.94 bits per heavy atom. The fourth-order valence-electron chi connectivity index (χ4n) is 4.48. The molecule has 1 aliphatic rings. The zero-order valence-corrected chi connectivity index (χ0v) is 18.5. The van der Waals surface area contributed by atoms with Crippen LogP contribution in [0, 0.1) is 12.7 Å². The van der Waals surface area contributed by atoms with Crippen LogP contribution in [-0.4, -0.2) is 55.5 Å². The van der Waals surface area contributed by atoms with Gasteiger partial charge in [0, 0.05) is 43.6 Å². The number of hydrogen-bond donors (Lipinski definition) is 3. The SMILES string of the molecule is Cc1cn2cc(NC(=O)c3ccc(N4C[C@H](C)N[C@@H](C)C4)c4ncc(O)nc34)cc(F)c2n1. The maximum absolute atomic E-state index is 14.4. The molecule has 1 amide bonds. The molecule has 1 saturated heterocycles. The van der Waals surface area contributed by atoms with Gasteiger partial charge in [0.15, 0.2) is 11.5 Å². The number of rotatable bonds is 3. The number of hydrogen-bond acceptors (Lipinski definition) is 7. The second-order valence-corrected chi connectivity index (χ2v) is 8.58. The second kappa shape index (κ2) is 7.96. The van der Waals surface area contributed by atoms with E-state index in [0.29, 0.717) is 11.2 Å². The molecular formula is C23H24FN7O2. The van der Waals surface area contributed by atoms with Gasteiger partial charge >= 0.3 is 0 Å². The van der Waals surface area contributed by atoms with Crippen molar-refractivity contribution >= 4 is 34.0 Å². The summed E-state index contributed by atoms with van der Waals surface area (Å²) in [5, 5.41) is 16.2. The predicted molar refractivity (Wildman–Crippen MR) is 123 cm³/mol. The number of benzene rings is 1. The van der Waals surface area contributed by atoms with E-state index in [0.717, 1.165) is 18.8 Å². The van der Waals surface area contributed by atoms with Crippen LogP contribution in [0.25, 0.3) is 16.7 Å². The Hall–Kier alpha value is -3.79. The molecule has 4 heterocycles. The zero-order valence-electron chi connectivity index (χ0n) is 18.5. The number of aromatic nitrogens is 4. The average Bonchev–Trinajstić information content (AvgIpc) is 3.12. The molecule has 0 spiro atoms. The predicted octanol–water partition coefficient (Wildman–Crippen LogP) is 2.87. The average molecular weight is 449 g/mol. The first-order valence-electron chi connectivity index (χ1n) is 10.7. The lowest BCUT2D eigenvalue weighted by molar-refractivity contribution is 0.102. The number of aryl methyl sites for hydroxylation is 1. The van der Waals surface area contributed by atoms with E-state index >= 15 is 0 Å². The van der Waals surface area contributed by atoms with Crippen molar-refractivity contribution in [1.82, 2.24) is 24.7 Å². The summed E-state index contributed by atoms with van der Waals surface area (Å²) in [4.78, 5) is 28.1. The van der Waals surface area contributed by atoms with Gasteiger partial charge in [-0.25, -0.2) is 19.3 Å². The highest BCUT2D eigenvalue weighted by Gasteiger charge is 2.25. The number of nitrogens with one attached hydrogen (secondary N) is 2.